The predicted molar refractivity (Wildman–Crippen MR) is 59.2 cm³/mol. The van der Waals surface area contributed by atoms with Crippen LogP contribution in [0.15, 0.2) is 15.7 Å². The molecular weight excluding hydrogens is 224 g/mol. The lowest BCUT2D eigenvalue weighted by atomic mass is 10.4. The first kappa shape index (κ1) is 9.89. The molecule has 0 atom stereocenters. The number of aromatic amines is 1. The van der Waals surface area contributed by atoms with Gasteiger partial charge in [0, 0.05) is 12.0 Å². The van der Waals surface area contributed by atoms with E-state index in [0.717, 1.165) is 28.2 Å². The Morgan fingerprint density at radius 1 is 1.56 bits per heavy atom. The number of aryl methyl sites for hydroxylation is 1. The molecular formula is C10H12N4OS. The largest absolute Gasteiger partial charge is 0.360 e. The summed E-state index contributed by atoms with van der Waals surface area (Å²) in [6.07, 6.45) is 2.47. The van der Waals surface area contributed by atoms with Crippen molar-refractivity contribution in [1.29, 1.82) is 0 Å². The van der Waals surface area contributed by atoms with Crippen LogP contribution >= 0.6 is 11.8 Å². The van der Waals surface area contributed by atoms with Gasteiger partial charge in [-0.2, -0.15) is 0 Å². The monoisotopic (exact) mass is 236 g/mol. The SMILES string of the molecule is Cc1cc(CSc2n[nH]c(C3CC3)n2)on1. The zero-order chi connectivity index (χ0) is 11.0. The van der Waals surface area contributed by atoms with E-state index >= 15 is 0 Å². The van der Waals surface area contributed by atoms with Crippen molar-refractivity contribution in [3.63, 3.8) is 0 Å². The van der Waals surface area contributed by atoms with Crippen LogP contribution in [0.3, 0.4) is 0 Å². The van der Waals surface area contributed by atoms with Crippen molar-refractivity contribution in [3.05, 3.63) is 23.3 Å². The normalized spacial score (nSPS) is 15.6. The number of hydrogen-bond acceptors (Lipinski definition) is 5. The van der Waals surface area contributed by atoms with Crippen molar-refractivity contribution in [2.24, 2.45) is 0 Å². The fourth-order valence-electron chi connectivity index (χ4n) is 1.48. The summed E-state index contributed by atoms with van der Waals surface area (Å²) in [5.74, 6) is 3.23. The summed E-state index contributed by atoms with van der Waals surface area (Å²) in [6.45, 7) is 1.91. The van der Waals surface area contributed by atoms with Crippen LogP contribution in [0, 0.1) is 6.92 Å². The third kappa shape index (κ3) is 2.11. The number of thioether (sulfide) groups is 1. The Bertz CT molecular complexity index is 488. The predicted octanol–water partition coefficient (Wildman–Crippen LogP) is 2.27. The Labute approximate surface area is 97.0 Å². The highest BCUT2D eigenvalue weighted by Gasteiger charge is 2.27. The third-order valence-corrected chi connectivity index (χ3v) is 3.34. The molecule has 6 heteroatoms. The molecule has 84 valence electrons. The zero-order valence-electron chi connectivity index (χ0n) is 8.93. The van der Waals surface area contributed by atoms with Crippen molar-refractivity contribution < 1.29 is 4.52 Å². The highest BCUT2D eigenvalue weighted by molar-refractivity contribution is 7.98. The van der Waals surface area contributed by atoms with Gasteiger partial charge in [-0.3, -0.25) is 5.10 Å². The lowest BCUT2D eigenvalue weighted by molar-refractivity contribution is 0.391. The maximum absolute atomic E-state index is 5.12. The van der Waals surface area contributed by atoms with E-state index in [1.54, 1.807) is 11.8 Å². The highest BCUT2D eigenvalue weighted by Crippen LogP contribution is 2.38. The molecule has 2 aromatic rings. The molecule has 0 bridgehead atoms. The molecule has 0 aromatic carbocycles. The van der Waals surface area contributed by atoms with Crippen LogP contribution < -0.4 is 0 Å². The topological polar surface area (TPSA) is 67.6 Å². The zero-order valence-corrected chi connectivity index (χ0v) is 9.75. The van der Waals surface area contributed by atoms with Crippen LogP contribution in [0.5, 0.6) is 0 Å². The molecule has 16 heavy (non-hydrogen) atoms. The second-order valence-corrected chi connectivity index (χ2v) is 4.94. The summed E-state index contributed by atoms with van der Waals surface area (Å²) in [6, 6.07) is 1.93. The van der Waals surface area contributed by atoms with Gasteiger partial charge >= 0.3 is 0 Å². The Hall–Kier alpha value is -1.30. The van der Waals surface area contributed by atoms with Gasteiger partial charge in [-0.05, 0) is 19.8 Å². The molecule has 2 aromatic heterocycles. The van der Waals surface area contributed by atoms with E-state index < -0.39 is 0 Å². The first-order valence-corrected chi connectivity index (χ1v) is 6.27. The second kappa shape index (κ2) is 3.93. The van der Waals surface area contributed by atoms with E-state index in [1.165, 1.54) is 12.8 Å². The number of H-pyrrole nitrogens is 1. The van der Waals surface area contributed by atoms with Crippen molar-refractivity contribution in [3.8, 4) is 0 Å². The minimum atomic E-state index is 0.620. The fraction of sp³-hybridized carbons (Fsp3) is 0.500. The number of nitrogens with one attached hydrogen (secondary N) is 1. The van der Waals surface area contributed by atoms with E-state index in [1.807, 2.05) is 13.0 Å². The molecule has 1 N–H and O–H groups in total. The van der Waals surface area contributed by atoms with E-state index in [9.17, 15) is 0 Å². The molecule has 2 heterocycles. The van der Waals surface area contributed by atoms with Crippen molar-refractivity contribution >= 4 is 11.8 Å². The van der Waals surface area contributed by atoms with E-state index in [4.69, 9.17) is 4.52 Å². The van der Waals surface area contributed by atoms with Crippen LogP contribution in [0.1, 0.15) is 36.0 Å². The van der Waals surface area contributed by atoms with Crippen LogP contribution in [-0.2, 0) is 5.75 Å². The number of aromatic nitrogens is 4. The Morgan fingerprint density at radius 3 is 3.12 bits per heavy atom. The van der Waals surface area contributed by atoms with E-state index in [-0.39, 0.29) is 0 Å². The van der Waals surface area contributed by atoms with E-state index in [2.05, 4.69) is 20.3 Å². The summed E-state index contributed by atoms with van der Waals surface area (Å²) < 4.78 is 5.12. The highest BCUT2D eigenvalue weighted by atomic mass is 32.2. The summed E-state index contributed by atoms with van der Waals surface area (Å²) in [5.41, 5.74) is 0.907. The molecule has 1 aliphatic carbocycles. The van der Waals surface area contributed by atoms with Gasteiger partial charge < -0.3 is 4.52 Å². The molecule has 3 rings (SSSR count). The molecule has 1 aliphatic rings. The molecule has 1 saturated carbocycles. The van der Waals surface area contributed by atoms with Gasteiger partial charge in [0.15, 0.2) is 0 Å². The standard InChI is InChI=1S/C10H12N4OS/c1-6-4-8(15-14-6)5-16-10-11-9(12-13-10)7-2-3-7/h4,7H,2-3,5H2,1H3,(H,11,12,13). The van der Waals surface area contributed by atoms with Gasteiger partial charge in [0.2, 0.25) is 5.16 Å². The molecule has 0 saturated heterocycles. The molecule has 1 fully saturated rings. The van der Waals surface area contributed by atoms with Crippen LogP contribution in [0.4, 0.5) is 0 Å². The maximum Gasteiger partial charge on any atom is 0.208 e. The van der Waals surface area contributed by atoms with Crippen LogP contribution in [-0.4, -0.2) is 20.3 Å². The Balaban J connectivity index is 1.61. The number of nitrogens with zero attached hydrogens (tertiary/aromatic N) is 3. The Morgan fingerprint density at radius 2 is 2.44 bits per heavy atom. The average Bonchev–Trinajstić information content (AvgIpc) is 2.87. The second-order valence-electron chi connectivity index (χ2n) is 4.00. The summed E-state index contributed by atoms with van der Waals surface area (Å²) in [7, 11) is 0. The minimum Gasteiger partial charge on any atom is -0.360 e. The molecule has 0 aliphatic heterocycles. The van der Waals surface area contributed by atoms with Gasteiger partial charge in [0.1, 0.15) is 11.6 Å². The number of rotatable bonds is 4. The lowest BCUT2D eigenvalue weighted by Gasteiger charge is -1.90. The van der Waals surface area contributed by atoms with Gasteiger partial charge in [-0.15, -0.1) is 5.10 Å². The molecule has 0 radical (unpaired) electrons. The van der Waals surface area contributed by atoms with Gasteiger partial charge in [0.05, 0.1) is 11.4 Å². The minimum absolute atomic E-state index is 0.620. The summed E-state index contributed by atoms with van der Waals surface area (Å²) >= 11 is 1.57. The van der Waals surface area contributed by atoms with Gasteiger partial charge in [-0.25, -0.2) is 4.98 Å². The van der Waals surface area contributed by atoms with Crippen LogP contribution in [0.25, 0.3) is 0 Å². The first-order chi connectivity index (χ1) is 7.81. The Kier molecular flexibility index (Phi) is 2.43. The maximum atomic E-state index is 5.12. The first-order valence-electron chi connectivity index (χ1n) is 5.28. The van der Waals surface area contributed by atoms with Gasteiger partial charge in [-0.1, -0.05) is 16.9 Å². The van der Waals surface area contributed by atoms with Crippen molar-refractivity contribution in [2.45, 2.75) is 36.6 Å². The number of hydrogen-bond donors (Lipinski definition) is 1. The van der Waals surface area contributed by atoms with Crippen molar-refractivity contribution in [1.82, 2.24) is 20.3 Å². The lowest BCUT2D eigenvalue weighted by Crippen LogP contribution is -1.81. The smallest absolute Gasteiger partial charge is 0.208 e. The fourth-order valence-corrected chi connectivity index (χ4v) is 2.16. The average molecular weight is 236 g/mol. The molecule has 5 nitrogen and oxygen atoms in total. The quantitative estimate of drug-likeness (QED) is 0.825. The molecule has 0 amide bonds. The molecule has 0 spiro atoms. The third-order valence-electron chi connectivity index (χ3n) is 2.47. The van der Waals surface area contributed by atoms with Crippen molar-refractivity contribution in [2.75, 3.05) is 0 Å². The molecule has 0 unspecified atom stereocenters. The van der Waals surface area contributed by atoms with E-state index in [0.29, 0.717) is 5.92 Å². The van der Waals surface area contributed by atoms with Gasteiger partial charge in [0.25, 0.3) is 0 Å². The van der Waals surface area contributed by atoms with Crippen LogP contribution in [0.2, 0.25) is 0 Å². The summed E-state index contributed by atoms with van der Waals surface area (Å²) in [5, 5.41) is 11.8. The summed E-state index contributed by atoms with van der Waals surface area (Å²) in [4.78, 5) is 4.43.